The summed E-state index contributed by atoms with van der Waals surface area (Å²) in [6.45, 7) is 0.350. The molecule has 1 aliphatic carbocycles. The molecule has 0 amide bonds. The van der Waals surface area contributed by atoms with Gasteiger partial charge in [-0.3, -0.25) is 0 Å². The van der Waals surface area contributed by atoms with E-state index in [1.807, 2.05) is 0 Å². The Balaban J connectivity index is 2.27. The highest BCUT2D eigenvalue weighted by Crippen LogP contribution is 2.57. The normalized spacial score (nSPS) is 20.4. The minimum absolute atomic E-state index is 0.0275. The molecule has 0 radical (unpaired) electrons. The first kappa shape index (κ1) is 9.46. The van der Waals surface area contributed by atoms with E-state index in [-0.39, 0.29) is 5.75 Å². The average Bonchev–Trinajstić information content (AvgIpc) is 2.98. The Hall–Kier alpha value is -1.09. The zero-order valence-electron chi connectivity index (χ0n) is 7.91. The van der Waals surface area contributed by atoms with Crippen molar-refractivity contribution in [2.24, 2.45) is 11.1 Å². The van der Waals surface area contributed by atoms with E-state index in [9.17, 15) is 9.50 Å². The minimum atomic E-state index is -1.13. The number of nitrogens with two attached hydrogens (primary N) is 1. The summed E-state index contributed by atoms with van der Waals surface area (Å²) in [5.74, 6) is 0.0275. The molecule has 1 atom stereocenters. The van der Waals surface area contributed by atoms with Gasteiger partial charge < -0.3 is 10.8 Å². The van der Waals surface area contributed by atoms with Crippen molar-refractivity contribution >= 4 is 0 Å². The van der Waals surface area contributed by atoms with Crippen molar-refractivity contribution in [3.63, 3.8) is 0 Å². The maximum absolute atomic E-state index is 14.0. The second kappa shape index (κ2) is 3.24. The predicted molar refractivity (Wildman–Crippen MR) is 52.7 cm³/mol. The second-order valence-corrected chi connectivity index (χ2v) is 3.99. The Bertz CT molecular complexity index is 336. The highest BCUT2D eigenvalue weighted by atomic mass is 19.1. The molecule has 0 saturated heterocycles. The number of phenolic OH excluding ortho intramolecular Hbond substituents is 1. The van der Waals surface area contributed by atoms with Gasteiger partial charge in [-0.05, 0) is 18.9 Å². The van der Waals surface area contributed by atoms with Gasteiger partial charge >= 0.3 is 0 Å². The van der Waals surface area contributed by atoms with Gasteiger partial charge in [-0.15, -0.1) is 0 Å². The summed E-state index contributed by atoms with van der Waals surface area (Å²) in [5, 5.41) is 9.49. The van der Waals surface area contributed by atoms with E-state index in [0.717, 1.165) is 12.8 Å². The van der Waals surface area contributed by atoms with Crippen LogP contribution in [0.2, 0.25) is 0 Å². The topological polar surface area (TPSA) is 46.2 Å². The summed E-state index contributed by atoms with van der Waals surface area (Å²) in [7, 11) is 0. The Morgan fingerprint density at radius 1 is 1.43 bits per heavy atom. The highest BCUT2D eigenvalue weighted by Gasteiger charge is 2.50. The maximum atomic E-state index is 14.0. The molecule has 3 N–H and O–H groups in total. The van der Waals surface area contributed by atoms with Gasteiger partial charge in [0, 0.05) is 17.5 Å². The van der Waals surface area contributed by atoms with Crippen LogP contribution in [0.1, 0.15) is 24.6 Å². The van der Waals surface area contributed by atoms with Crippen LogP contribution in [0.25, 0.3) is 0 Å². The molecule has 1 aliphatic rings. The number of alkyl halides is 1. The average molecular weight is 195 g/mol. The molecule has 1 aromatic carbocycles. The molecule has 0 aromatic heterocycles. The summed E-state index contributed by atoms with van der Waals surface area (Å²) in [6.07, 6.45) is 0.506. The molecule has 0 bridgehead atoms. The molecule has 2 rings (SSSR count). The third kappa shape index (κ3) is 1.38. The van der Waals surface area contributed by atoms with Crippen LogP contribution in [0.5, 0.6) is 5.75 Å². The van der Waals surface area contributed by atoms with Crippen LogP contribution in [0, 0.1) is 5.41 Å². The van der Waals surface area contributed by atoms with Crippen molar-refractivity contribution in [3.05, 3.63) is 29.8 Å². The molecule has 1 unspecified atom stereocenters. The van der Waals surface area contributed by atoms with Gasteiger partial charge in [0.15, 0.2) is 0 Å². The summed E-state index contributed by atoms with van der Waals surface area (Å²) in [4.78, 5) is 0. The Morgan fingerprint density at radius 2 is 2.07 bits per heavy atom. The van der Waals surface area contributed by atoms with Crippen LogP contribution in [-0.4, -0.2) is 11.7 Å². The number of para-hydroxylation sites is 1. The van der Waals surface area contributed by atoms with Gasteiger partial charge in [-0.25, -0.2) is 4.39 Å². The molecule has 2 nitrogen and oxygen atoms in total. The number of rotatable bonds is 3. The van der Waals surface area contributed by atoms with Crippen molar-refractivity contribution in [1.82, 2.24) is 0 Å². The zero-order valence-corrected chi connectivity index (χ0v) is 7.91. The van der Waals surface area contributed by atoms with Crippen molar-refractivity contribution in [2.45, 2.75) is 19.0 Å². The molecule has 1 aromatic rings. The van der Waals surface area contributed by atoms with Gasteiger partial charge in [-0.2, -0.15) is 0 Å². The van der Waals surface area contributed by atoms with Gasteiger partial charge in [0.05, 0.1) is 0 Å². The molecule has 1 fully saturated rings. The van der Waals surface area contributed by atoms with Crippen LogP contribution in [0.4, 0.5) is 4.39 Å². The first-order chi connectivity index (χ1) is 6.69. The van der Waals surface area contributed by atoms with E-state index in [2.05, 4.69) is 0 Å². The van der Waals surface area contributed by atoms with Crippen molar-refractivity contribution in [2.75, 3.05) is 6.54 Å². The van der Waals surface area contributed by atoms with E-state index >= 15 is 0 Å². The lowest BCUT2D eigenvalue weighted by atomic mass is 9.94. The third-order valence-electron chi connectivity index (χ3n) is 3.05. The van der Waals surface area contributed by atoms with Crippen LogP contribution >= 0.6 is 0 Å². The fourth-order valence-corrected chi connectivity index (χ4v) is 1.75. The van der Waals surface area contributed by atoms with E-state index < -0.39 is 11.6 Å². The number of hydrogen-bond donors (Lipinski definition) is 2. The number of phenols is 1. The van der Waals surface area contributed by atoms with Crippen LogP contribution < -0.4 is 5.73 Å². The lowest BCUT2D eigenvalue weighted by Gasteiger charge is -2.19. The first-order valence-electron chi connectivity index (χ1n) is 4.82. The van der Waals surface area contributed by atoms with Crippen LogP contribution in [0.15, 0.2) is 24.3 Å². The Morgan fingerprint density at radius 3 is 2.57 bits per heavy atom. The van der Waals surface area contributed by atoms with Crippen molar-refractivity contribution in [3.8, 4) is 5.75 Å². The predicted octanol–water partition coefficient (Wildman–Crippen LogP) is 2.14. The van der Waals surface area contributed by atoms with Gasteiger partial charge in [0.2, 0.25) is 0 Å². The van der Waals surface area contributed by atoms with E-state index in [0.29, 0.717) is 12.1 Å². The molecule has 76 valence electrons. The molecule has 1 saturated carbocycles. The molecule has 0 aliphatic heterocycles. The molecule has 0 heterocycles. The molecular formula is C11H14FNO. The van der Waals surface area contributed by atoms with Gasteiger partial charge in [0.1, 0.15) is 11.9 Å². The fourth-order valence-electron chi connectivity index (χ4n) is 1.75. The van der Waals surface area contributed by atoms with Crippen molar-refractivity contribution in [1.29, 1.82) is 0 Å². The second-order valence-electron chi connectivity index (χ2n) is 3.99. The van der Waals surface area contributed by atoms with Crippen LogP contribution in [-0.2, 0) is 0 Å². The molecular weight excluding hydrogens is 181 g/mol. The monoisotopic (exact) mass is 195 g/mol. The number of aromatic hydroxyl groups is 1. The number of halogens is 1. The van der Waals surface area contributed by atoms with Crippen molar-refractivity contribution < 1.29 is 9.50 Å². The minimum Gasteiger partial charge on any atom is -0.508 e. The third-order valence-corrected chi connectivity index (χ3v) is 3.05. The number of benzene rings is 1. The highest BCUT2D eigenvalue weighted by molar-refractivity contribution is 5.35. The maximum Gasteiger partial charge on any atom is 0.135 e. The van der Waals surface area contributed by atoms with E-state index in [4.69, 9.17) is 5.73 Å². The lowest BCUT2D eigenvalue weighted by molar-refractivity contribution is 0.211. The standard InChI is InChI=1S/C11H14FNO/c12-10(11(7-13)5-6-11)8-3-1-2-4-9(8)14/h1-4,10,14H,5-7,13H2. The lowest BCUT2D eigenvalue weighted by Crippen LogP contribution is -2.21. The smallest absolute Gasteiger partial charge is 0.135 e. The van der Waals surface area contributed by atoms with Crippen LogP contribution in [0.3, 0.4) is 0 Å². The molecule has 14 heavy (non-hydrogen) atoms. The molecule has 0 spiro atoms. The summed E-state index contributed by atoms with van der Waals surface area (Å²) >= 11 is 0. The van der Waals surface area contributed by atoms with E-state index in [1.54, 1.807) is 18.2 Å². The van der Waals surface area contributed by atoms with Gasteiger partial charge in [0.25, 0.3) is 0 Å². The fraction of sp³-hybridized carbons (Fsp3) is 0.455. The van der Waals surface area contributed by atoms with E-state index in [1.165, 1.54) is 6.07 Å². The molecule has 3 heteroatoms. The summed E-state index contributed by atoms with van der Waals surface area (Å²) in [5.41, 5.74) is 5.50. The summed E-state index contributed by atoms with van der Waals surface area (Å²) in [6, 6.07) is 6.55. The zero-order chi connectivity index (χ0) is 10.2. The quantitative estimate of drug-likeness (QED) is 0.776. The summed E-state index contributed by atoms with van der Waals surface area (Å²) < 4.78 is 14.0. The SMILES string of the molecule is NCC1(C(F)c2ccccc2O)CC1. The Kier molecular flexibility index (Phi) is 2.19. The first-order valence-corrected chi connectivity index (χ1v) is 4.82. The largest absolute Gasteiger partial charge is 0.508 e. The van der Waals surface area contributed by atoms with Gasteiger partial charge in [-0.1, -0.05) is 18.2 Å². The number of hydrogen-bond acceptors (Lipinski definition) is 2. The Labute approximate surface area is 82.5 Å².